The third-order valence-corrected chi connectivity index (χ3v) is 3.47. The van der Waals surface area contributed by atoms with Crippen molar-refractivity contribution in [2.45, 2.75) is 58.3 Å². The van der Waals surface area contributed by atoms with Crippen LogP contribution in [0.3, 0.4) is 0 Å². The van der Waals surface area contributed by atoms with Crippen molar-refractivity contribution in [1.29, 1.82) is 0 Å². The van der Waals surface area contributed by atoms with E-state index in [0.29, 0.717) is 12.2 Å². The summed E-state index contributed by atoms with van der Waals surface area (Å²) in [5.74, 6) is 0.754. The minimum absolute atomic E-state index is 0.0500. The Morgan fingerprint density at radius 1 is 1.04 bits per heavy atom. The van der Waals surface area contributed by atoms with Gasteiger partial charge in [-0.3, -0.25) is 4.79 Å². The summed E-state index contributed by atoms with van der Waals surface area (Å²) in [4.78, 5) is 12.8. The van der Waals surface area contributed by atoms with Gasteiger partial charge in [-0.15, -0.1) is 0 Å². The van der Waals surface area contributed by atoms with Crippen LogP contribution in [0.15, 0.2) is 30.3 Å². The molecule has 0 aliphatic rings. The molecule has 4 nitrogen and oxygen atoms in total. The fourth-order valence-corrected chi connectivity index (χ4v) is 2.55. The summed E-state index contributed by atoms with van der Waals surface area (Å²) in [5, 5.41) is 0. The van der Waals surface area contributed by atoms with Gasteiger partial charge in [-0.25, -0.2) is 0 Å². The maximum Gasteiger partial charge on any atom is 0.178 e. The number of nitrogens with zero attached hydrogens (tertiary/aromatic N) is 1. The summed E-state index contributed by atoms with van der Waals surface area (Å²) in [6.07, 6.45) is 0.197. The number of Topliss-reactive ketones (excluding diaryl/α,β-unsaturated/α-hetero) is 1. The fourth-order valence-electron chi connectivity index (χ4n) is 2.55. The zero-order chi connectivity index (χ0) is 18.6. The van der Waals surface area contributed by atoms with Gasteiger partial charge in [0.1, 0.15) is 18.4 Å². The molecule has 0 aliphatic heterocycles. The zero-order valence-corrected chi connectivity index (χ0v) is 16.6. The molecule has 0 N–H and O–H groups in total. The van der Waals surface area contributed by atoms with Crippen LogP contribution in [0.5, 0.6) is 5.75 Å². The van der Waals surface area contributed by atoms with E-state index in [1.807, 2.05) is 65.0 Å². The number of ketones is 1. The van der Waals surface area contributed by atoms with Crippen molar-refractivity contribution in [3.63, 3.8) is 0 Å². The van der Waals surface area contributed by atoms with Gasteiger partial charge in [-0.2, -0.15) is 0 Å². The molecule has 1 unspecified atom stereocenters. The molecule has 0 bridgehead atoms. The highest BCUT2D eigenvalue weighted by atomic mass is 16.5. The molecule has 0 spiro atoms. The maximum absolute atomic E-state index is 12.8. The molecule has 0 heterocycles. The summed E-state index contributed by atoms with van der Waals surface area (Å²) in [6.45, 7) is 10.5. The van der Waals surface area contributed by atoms with Crippen LogP contribution in [-0.2, 0) is 9.53 Å². The van der Waals surface area contributed by atoms with Gasteiger partial charge in [0, 0.05) is 6.42 Å². The van der Waals surface area contributed by atoms with E-state index in [2.05, 4.69) is 21.1 Å². The monoisotopic (exact) mass is 336 g/mol. The predicted molar refractivity (Wildman–Crippen MR) is 98.3 cm³/mol. The molecule has 1 atom stereocenters. The van der Waals surface area contributed by atoms with E-state index in [9.17, 15) is 4.79 Å². The number of hydrogen-bond acceptors (Lipinski definition) is 3. The van der Waals surface area contributed by atoms with Crippen LogP contribution in [0.1, 0.15) is 41.0 Å². The van der Waals surface area contributed by atoms with Crippen molar-refractivity contribution in [1.82, 2.24) is 0 Å². The first-order valence-electron chi connectivity index (χ1n) is 8.54. The Morgan fingerprint density at radius 2 is 1.58 bits per heavy atom. The summed E-state index contributed by atoms with van der Waals surface area (Å²) in [5.41, 5.74) is -1.17. The highest BCUT2D eigenvalue weighted by Crippen LogP contribution is 2.23. The molecule has 24 heavy (non-hydrogen) atoms. The van der Waals surface area contributed by atoms with Crippen LogP contribution >= 0.6 is 0 Å². The predicted octanol–water partition coefficient (Wildman–Crippen LogP) is 3.69. The van der Waals surface area contributed by atoms with E-state index < -0.39 is 5.60 Å². The number of hydrogen-bond donors (Lipinski definition) is 0. The zero-order valence-electron chi connectivity index (χ0n) is 16.6. The minimum Gasteiger partial charge on any atom is -0.480 e. The van der Waals surface area contributed by atoms with Gasteiger partial charge < -0.3 is 14.0 Å². The Bertz CT molecular complexity index is 508. The molecule has 0 fully saturated rings. The molecule has 0 saturated carbocycles. The Morgan fingerprint density at radius 3 is 2.04 bits per heavy atom. The Labute approximate surface area is 147 Å². The van der Waals surface area contributed by atoms with Gasteiger partial charge in [0.25, 0.3) is 0 Å². The second-order valence-electron chi connectivity index (χ2n) is 8.88. The van der Waals surface area contributed by atoms with Gasteiger partial charge in [-0.05, 0) is 46.8 Å². The molecule has 136 valence electrons. The van der Waals surface area contributed by atoms with Crippen LogP contribution in [-0.4, -0.2) is 55.3 Å². The molecule has 1 aromatic carbocycles. The molecular weight excluding hydrogens is 302 g/mol. The van der Waals surface area contributed by atoms with Crippen LogP contribution in [0.25, 0.3) is 0 Å². The van der Waals surface area contributed by atoms with Crippen LogP contribution < -0.4 is 4.74 Å². The summed E-state index contributed by atoms with van der Waals surface area (Å²) >= 11 is 0. The van der Waals surface area contributed by atoms with Gasteiger partial charge in [-0.1, -0.05) is 18.2 Å². The third kappa shape index (κ3) is 7.93. The molecule has 0 aromatic heterocycles. The van der Waals surface area contributed by atoms with E-state index in [4.69, 9.17) is 9.47 Å². The van der Waals surface area contributed by atoms with Crippen LogP contribution in [0.2, 0.25) is 0 Å². The first-order chi connectivity index (χ1) is 10.8. The van der Waals surface area contributed by atoms with E-state index in [0.717, 1.165) is 11.0 Å². The number of carbonyl (C=O) groups is 1. The second-order valence-corrected chi connectivity index (χ2v) is 8.88. The molecule has 1 rings (SSSR count). The van der Waals surface area contributed by atoms with Crippen molar-refractivity contribution < 1.29 is 18.8 Å². The third-order valence-electron chi connectivity index (χ3n) is 3.47. The number of carbonyl (C=O) groups excluding carboxylic acids is 1. The highest BCUT2D eigenvalue weighted by molar-refractivity contribution is 5.87. The van der Waals surface area contributed by atoms with Crippen molar-refractivity contribution in [3.05, 3.63) is 30.3 Å². The first-order valence-corrected chi connectivity index (χ1v) is 8.54. The topological polar surface area (TPSA) is 35.5 Å². The number of benzene rings is 1. The lowest BCUT2D eigenvalue weighted by Crippen LogP contribution is -2.48. The molecule has 1 aromatic rings. The fraction of sp³-hybridized carbons (Fsp3) is 0.650. The van der Waals surface area contributed by atoms with Gasteiger partial charge >= 0.3 is 0 Å². The first kappa shape index (κ1) is 20.7. The van der Waals surface area contributed by atoms with Gasteiger partial charge in [0.05, 0.1) is 26.7 Å². The minimum atomic E-state index is -0.883. The smallest absolute Gasteiger partial charge is 0.178 e. The molecule has 0 amide bonds. The van der Waals surface area contributed by atoms with E-state index in [-0.39, 0.29) is 17.5 Å². The lowest BCUT2D eigenvalue weighted by atomic mass is 9.97. The van der Waals surface area contributed by atoms with Gasteiger partial charge in [0.15, 0.2) is 11.4 Å². The largest absolute Gasteiger partial charge is 0.480 e. The summed E-state index contributed by atoms with van der Waals surface area (Å²) in [7, 11) is 6.32. The van der Waals surface area contributed by atoms with E-state index in [1.54, 1.807) is 0 Å². The number of likely N-dealkylation sites (N-methyl/N-ethyl adjacent to an activating group) is 1. The summed E-state index contributed by atoms with van der Waals surface area (Å²) in [6, 6.07) is 9.46. The van der Waals surface area contributed by atoms with Crippen molar-refractivity contribution >= 4 is 5.78 Å². The lowest BCUT2D eigenvalue weighted by Gasteiger charge is -2.34. The average molecular weight is 336 g/mol. The van der Waals surface area contributed by atoms with Gasteiger partial charge in [0.2, 0.25) is 0 Å². The molecule has 0 saturated heterocycles. The second kappa shape index (κ2) is 7.66. The average Bonchev–Trinajstić information content (AvgIpc) is 2.34. The number of ether oxygens (including phenoxy) is 2. The summed E-state index contributed by atoms with van der Waals surface area (Å²) < 4.78 is 12.8. The van der Waals surface area contributed by atoms with Crippen molar-refractivity contribution in [3.8, 4) is 5.75 Å². The van der Waals surface area contributed by atoms with E-state index in [1.165, 1.54) is 0 Å². The Hall–Kier alpha value is -1.39. The Kier molecular flexibility index (Phi) is 6.59. The molecular formula is C20H34NO3+. The maximum atomic E-state index is 12.8. The molecule has 4 heteroatoms. The quantitative estimate of drug-likeness (QED) is 0.679. The van der Waals surface area contributed by atoms with Crippen LogP contribution in [0, 0.1) is 0 Å². The standard InChI is InChI=1S/C20H34NO3/c1-19(2,3)23-17(15-21(6,7)8)14-18(22)20(4,5)24-16-12-10-9-11-13-16/h9-13,17H,14-15H2,1-8H3/q+1. The normalized spacial score (nSPS) is 14.3. The Balaban J connectivity index is 2.81. The number of rotatable bonds is 8. The highest BCUT2D eigenvalue weighted by Gasteiger charge is 2.35. The van der Waals surface area contributed by atoms with Crippen molar-refractivity contribution in [2.24, 2.45) is 0 Å². The SMILES string of the molecule is CC(C)(C)OC(CC(=O)C(C)(C)Oc1ccccc1)C[N+](C)(C)C. The van der Waals surface area contributed by atoms with Crippen molar-refractivity contribution in [2.75, 3.05) is 27.7 Å². The lowest BCUT2D eigenvalue weighted by molar-refractivity contribution is -0.873. The molecule has 0 radical (unpaired) electrons. The van der Waals surface area contributed by atoms with Crippen LogP contribution in [0.4, 0.5) is 0 Å². The number of para-hydroxylation sites is 1. The van der Waals surface area contributed by atoms with E-state index >= 15 is 0 Å². The molecule has 0 aliphatic carbocycles. The number of quaternary nitrogens is 1.